The van der Waals surface area contributed by atoms with Crippen LogP contribution in [0.4, 0.5) is 0 Å². The van der Waals surface area contributed by atoms with Crippen LogP contribution in [0, 0.1) is 6.92 Å². The molecular weight excluding hydrogens is 434 g/mol. The Morgan fingerprint density at radius 3 is 2.62 bits per heavy atom. The Balaban J connectivity index is 2.21. The molecule has 126 valence electrons. The van der Waals surface area contributed by atoms with Gasteiger partial charge in [-0.3, -0.25) is 9.59 Å². The van der Waals surface area contributed by atoms with Gasteiger partial charge in [0.25, 0.3) is 0 Å². The van der Waals surface area contributed by atoms with Crippen molar-refractivity contribution in [2.75, 3.05) is 6.61 Å². The molecule has 0 aromatic heterocycles. The number of hydrogen-bond acceptors (Lipinski definition) is 3. The summed E-state index contributed by atoms with van der Waals surface area (Å²) >= 11 is 2.33. The summed E-state index contributed by atoms with van der Waals surface area (Å²) in [5, 5.41) is 0. The molecule has 1 aromatic carbocycles. The number of benzene rings is 1. The van der Waals surface area contributed by atoms with Crippen molar-refractivity contribution in [1.29, 1.82) is 0 Å². The van der Waals surface area contributed by atoms with Crippen molar-refractivity contribution in [2.24, 2.45) is 0 Å². The Labute approximate surface area is 158 Å². The third-order valence-corrected chi connectivity index (χ3v) is 5.17. The molecule has 2 unspecified atom stereocenters. The van der Waals surface area contributed by atoms with E-state index in [2.05, 4.69) is 31.8 Å². The van der Waals surface area contributed by atoms with E-state index in [1.54, 1.807) is 6.92 Å². The summed E-state index contributed by atoms with van der Waals surface area (Å²) in [5.41, 5.74) is 2.84. The normalized spacial score (nSPS) is 17.8. The molecule has 2 atom stereocenters. The molecule has 0 N–H and O–H groups in total. The fourth-order valence-corrected chi connectivity index (χ4v) is 2.94. The van der Waals surface area contributed by atoms with E-state index in [1.165, 1.54) is 0 Å². The topological polar surface area (TPSA) is 43.4 Å². The van der Waals surface area contributed by atoms with Crippen molar-refractivity contribution in [3.05, 3.63) is 64.8 Å². The second-order valence-corrected chi connectivity index (χ2v) is 7.74. The molecule has 3 nitrogen and oxygen atoms in total. The zero-order valence-corrected chi connectivity index (χ0v) is 17.0. The molecule has 5 heteroatoms. The number of ketones is 1. The lowest BCUT2D eigenvalue weighted by atomic mass is 10.0. The maximum absolute atomic E-state index is 12.4. The van der Waals surface area contributed by atoms with E-state index in [0.717, 1.165) is 17.5 Å². The maximum Gasteiger partial charge on any atom is 0.199 e. The number of aryl methyl sites for hydroxylation is 1. The molecule has 24 heavy (non-hydrogen) atoms. The van der Waals surface area contributed by atoms with Crippen LogP contribution in [-0.2, 0) is 14.3 Å². The van der Waals surface area contributed by atoms with E-state index in [1.807, 2.05) is 49.4 Å². The SMILES string of the molecule is C/C(C(=O)P)=C(/OCC(=O)C1=CCC(I)C=C1)c1ccccc1C. The first-order valence-corrected chi connectivity index (χ1v) is 9.47. The molecule has 1 aliphatic carbocycles. The van der Waals surface area contributed by atoms with Crippen LogP contribution in [0.3, 0.4) is 0 Å². The van der Waals surface area contributed by atoms with Crippen LogP contribution in [-0.4, -0.2) is 21.8 Å². The highest BCUT2D eigenvalue weighted by Gasteiger charge is 2.17. The van der Waals surface area contributed by atoms with E-state index >= 15 is 0 Å². The van der Waals surface area contributed by atoms with Gasteiger partial charge in [0.15, 0.2) is 17.9 Å². The summed E-state index contributed by atoms with van der Waals surface area (Å²) in [5.74, 6) is 0.387. The second kappa shape index (κ2) is 8.72. The second-order valence-electron chi connectivity index (χ2n) is 5.62. The fraction of sp³-hybridized carbons (Fsp3) is 0.263. The minimum absolute atomic E-state index is 0.0790. The highest BCUT2D eigenvalue weighted by atomic mass is 127. The zero-order chi connectivity index (χ0) is 17.7. The van der Waals surface area contributed by atoms with Gasteiger partial charge < -0.3 is 4.74 Å². The molecule has 0 amide bonds. The number of hydrogen-bond donors (Lipinski definition) is 0. The quantitative estimate of drug-likeness (QED) is 0.211. The van der Waals surface area contributed by atoms with Crippen molar-refractivity contribution in [3.63, 3.8) is 0 Å². The molecule has 0 saturated heterocycles. The smallest absolute Gasteiger partial charge is 0.199 e. The minimum Gasteiger partial charge on any atom is -0.484 e. The number of carbonyl (C=O) groups is 2. The number of allylic oxidation sites excluding steroid dienone is 4. The van der Waals surface area contributed by atoms with Crippen molar-refractivity contribution in [2.45, 2.75) is 24.2 Å². The predicted molar refractivity (Wildman–Crippen MR) is 109 cm³/mol. The van der Waals surface area contributed by atoms with Gasteiger partial charge in [-0.1, -0.05) is 74.3 Å². The largest absolute Gasteiger partial charge is 0.484 e. The Morgan fingerprint density at radius 1 is 1.33 bits per heavy atom. The Hall–Kier alpha value is -1.26. The van der Waals surface area contributed by atoms with E-state index in [-0.39, 0.29) is 17.9 Å². The van der Waals surface area contributed by atoms with Gasteiger partial charge in [0.05, 0.1) is 0 Å². The van der Waals surface area contributed by atoms with Gasteiger partial charge in [-0.05, 0) is 25.8 Å². The summed E-state index contributed by atoms with van der Waals surface area (Å²) in [6.07, 6.45) is 6.65. The third-order valence-electron chi connectivity index (χ3n) is 3.82. The Kier molecular flexibility index (Phi) is 6.93. The van der Waals surface area contributed by atoms with Gasteiger partial charge in [0.1, 0.15) is 5.76 Å². The van der Waals surface area contributed by atoms with Crippen LogP contribution in [0.5, 0.6) is 0 Å². The van der Waals surface area contributed by atoms with Gasteiger partial charge in [-0.2, -0.15) is 0 Å². The van der Waals surface area contributed by atoms with E-state index in [9.17, 15) is 9.59 Å². The van der Waals surface area contributed by atoms with Gasteiger partial charge in [0.2, 0.25) is 0 Å². The first-order chi connectivity index (χ1) is 11.4. The monoisotopic (exact) mass is 454 g/mol. The van der Waals surface area contributed by atoms with Gasteiger partial charge in [-0.25, -0.2) is 0 Å². The Morgan fingerprint density at radius 2 is 2.04 bits per heavy atom. The van der Waals surface area contributed by atoms with Crippen LogP contribution in [0.15, 0.2) is 53.6 Å². The molecule has 0 spiro atoms. The van der Waals surface area contributed by atoms with Gasteiger partial charge in [0, 0.05) is 20.6 Å². The standard InChI is InChI=1S/C19H20IO3P/c1-12-5-3-4-6-16(12)18(13(2)19(22)24)23-11-17(21)14-7-9-15(20)10-8-14/h3-9,15H,10-11,24H2,1-2H3/b18-13-. The number of rotatable bonds is 6. The lowest BCUT2D eigenvalue weighted by Gasteiger charge is -2.16. The first kappa shape index (κ1) is 19.1. The molecule has 1 aliphatic rings. The van der Waals surface area contributed by atoms with Gasteiger partial charge >= 0.3 is 0 Å². The molecule has 0 aliphatic heterocycles. The molecule has 0 radical (unpaired) electrons. The van der Waals surface area contributed by atoms with Crippen LogP contribution < -0.4 is 0 Å². The van der Waals surface area contributed by atoms with Crippen LogP contribution >= 0.6 is 31.8 Å². The van der Waals surface area contributed by atoms with Crippen molar-refractivity contribution in [1.82, 2.24) is 0 Å². The summed E-state index contributed by atoms with van der Waals surface area (Å²) < 4.78 is 6.22. The number of ether oxygens (including phenoxy) is 1. The molecule has 1 aromatic rings. The van der Waals surface area contributed by atoms with Crippen molar-refractivity contribution >= 4 is 48.9 Å². The average molecular weight is 454 g/mol. The lowest BCUT2D eigenvalue weighted by Crippen LogP contribution is -2.14. The number of Topliss-reactive ketones (excluding diaryl/α,β-unsaturated/α-hetero) is 1. The molecule has 0 bridgehead atoms. The highest BCUT2D eigenvalue weighted by molar-refractivity contribution is 14.1. The van der Waals surface area contributed by atoms with E-state index in [4.69, 9.17) is 4.74 Å². The highest BCUT2D eigenvalue weighted by Crippen LogP contribution is 2.26. The molecular formula is C19H20IO3P. The summed E-state index contributed by atoms with van der Waals surface area (Å²) in [6.45, 7) is 3.58. The van der Waals surface area contributed by atoms with Gasteiger partial charge in [-0.15, -0.1) is 0 Å². The minimum atomic E-state index is -0.148. The number of alkyl halides is 1. The number of halogens is 1. The summed E-state index contributed by atoms with van der Waals surface area (Å²) in [7, 11) is 2.16. The fourth-order valence-electron chi connectivity index (χ4n) is 2.35. The molecule has 0 heterocycles. The Bertz CT molecular complexity index is 747. The van der Waals surface area contributed by atoms with Crippen LogP contribution in [0.2, 0.25) is 0 Å². The average Bonchev–Trinajstić information content (AvgIpc) is 2.56. The van der Waals surface area contributed by atoms with Crippen molar-refractivity contribution in [3.8, 4) is 0 Å². The molecule has 2 rings (SSSR count). The summed E-state index contributed by atoms with van der Waals surface area (Å²) in [6, 6.07) is 7.67. The van der Waals surface area contributed by atoms with Crippen molar-refractivity contribution < 1.29 is 14.3 Å². The third kappa shape index (κ3) is 4.87. The molecule has 0 fully saturated rings. The van der Waals surface area contributed by atoms with E-state index in [0.29, 0.717) is 20.8 Å². The van der Waals surface area contributed by atoms with Crippen LogP contribution in [0.25, 0.3) is 5.76 Å². The number of carbonyl (C=O) groups excluding carboxylic acids is 2. The predicted octanol–water partition coefficient (Wildman–Crippen LogP) is 4.40. The molecule has 0 saturated carbocycles. The van der Waals surface area contributed by atoms with Crippen LogP contribution in [0.1, 0.15) is 24.5 Å². The first-order valence-electron chi connectivity index (χ1n) is 7.65. The summed E-state index contributed by atoms with van der Waals surface area (Å²) in [4.78, 5) is 24.1. The maximum atomic E-state index is 12.4. The lowest BCUT2D eigenvalue weighted by molar-refractivity contribution is -0.117. The van der Waals surface area contributed by atoms with E-state index < -0.39 is 0 Å². The zero-order valence-electron chi connectivity index (χ0n) is 13.7.